The molecule has 0 radical (unpaired) electrons. The van der Waals surface area contributed by atoms with Crippen LogP contribution < -0.4 is 5.32 Å². The highest BCUT2D eigenvalue weighted by atomic mass is 16.5. The monoisotopic (exact) mass is 1180 g/mol. The second kappa shape index (κ2) is 73.3. The standard InChI is InChI=1S/C78H147NO5/c1-3-5-7-9-11-13-15-17-19-21-40-44-48-52-56-60-64-68-72-78(83)84-73-69-65-61-57-53-49-45-41-38-36-34-32-30-28-26-24-22-23-25-27-29-31-33-35-37-39-43-47-51-55-59-63-67-71-77(82)79-75(74-80)76(81)70-66-62-58-54-50-46-42-20-18-16-14-12-10-8-6-4-2/h19,21,26,28,32,34,66,70,75-76,80-81H,3-18,20,22-25,27,29-31,33,35-65,67-69,71-74H2,1-2H3,(H,79,82)/b21-19-,28-26-,34-32-,70-66+. The Morgan fingerprint density at radius 3 is 0.917 bits per heavy atom. The van der Waals surface area contributed by atoms with Crippen LogP contribution in [0.15, 0.2) is 48.6 Å². The Morgan fingerprint density at radius 2 is 0.595 bits per heavy atom. The SMILES string of the molecule is CCCCCCCCC/C=C\CCCCCCCCCC(=O)OCCCCCCCCCCC/C=C\C/C=C\CCCCCCCCCCCCCCCCCCCC(=O)NC(CO)C(O)/C=C/CCCCCCCCCCCCCCCC. The number of carbonyl (C=O) groups excluding carboxylic acids is 2. The van der Waals surface area contributed by atoms with Gasteiger partial charge in [0, 0.05) is 12.8 Å². The molecule has 84 heavy (non-hydrogen) atoms. The molecule has 3 N–H and O–H groups in total. The van der Waals surface area contributed by atoms with E-state index in [0.29, 0.717) is 19.4 Å². The summed E-state index contributed by atoms with van der Waals surface area (Å²) >= 11 is 0. The quantitative estimate of drug-likeness (QED) is 0.0320. The molecule has 1 amide bonds. The minimum absolute atomic E-state index is 0.0114. The number of carbonyl (C=O) groups is 2. The van der Waals surface area contributed by atoms with Crippen LogP contribution in [0.25, 0.3) is 0 Å². The molecule has 0 aromatic rings. The number of rotatable bonds is 71. The van der Waals surface area contributed by atoms with Gasteiger partial charge in [0.25, 0.3) is 0 Å². The van der Waals surface area contributed by atoms with E-state index < -0.39 is 12.1 Å². The summed E-state index contributed by atoms with van der Waals surface area (Å²) in [6, 6.07) is -0.627. The van der Waals surface area contributed by atoms with E-state index >= 15 is 0 Å². The lowest BCUT2D eigenvalue weighted by Crippen LogP contribution is -2.45. The van der Waals surface area contributed by atoms with Crippen LogP contribution >= 0.6 is 0 Å². The first-order valence-electron chi connectivity index (χ1n) is 37.9. The third-order valence-electron chi connectivity index (χ3n) is 17.6. The largest absolute Gasteiger partial charge is 0.466 e. The van der Waals surface area contributed by atoms with Crippen molar-refractivity contribution in [3.8, 4) is 0 Å². The lowest BCUT2D eigenvalue weighted by atomic mass is 10.0. The summed E-state index contributed by atoms with van der Waals surface area (Å²) in [6.45, 7) is 4.93. The lowest BCUT2D eigenvalue weighted by molar-refractivity contribution is -0.143. The van der Waals surface area contributed by atoms with Crippen LogP contribution in [-0.2, 0) is 14.3 Å². The molecule has 6 heteroatoms. The maximum Gasteiger partial charge on any atom is 0.305 e. The van der Waals surface area contributed by atoms with E-state index in [-0.39, 0.29) is 18.5 Å². The van der Waals surface area contributed by atoms with Gasteiger partial charge in [0.1, 0.15) is 0 Å². The molecular weight excluding hydrogens is 1030 g/mol. The Morgan fingerprint density at radius 1 is 0.333 bits per heavy atom. The topological polar surface area (TPSA) is 95.9 Å². The molecule has 0 aliphatic rings. The van der Waals surface area contributed by atoms with Gasteiger partial charge in [-0.1, -0.05) is 358 Å². The normalized spacial score (nSPS) is 12.8. The van der Waals surface area contributed by atoms with Crippen LogP contribution in [0.2, 0.25) is 0 Å². The number of aliphatic hydroxyl groups is 2. The fourth-order valence-electron chi connectivity index (χ4n) is 11.8. The fourth-order valence-corrected chi connectivity index (χ4v) is 11.8. The molecule has 0 spiro atoms. The third kappa shape index (κ3) is 68.9. The van der Waals surface area contributed by atoms with E-state index in [1.807, 2.05) is 6.08 Å². The van der Waals surface area contributed by atoms with Crippen LogP contribution in [0.5, 0.6) is 0 Å². The molecule has 0 saturated heterocycles. The van der Waals surface area contributed by atoms with E-state index in [1.165, 1.54) is 334 Å². The Bertz CT molecular complexity index is 1400. The summed E-state index contributed by atoms with van der Waals surface area (Å²) in [4.78, 5) is 24.6. The maximum atomic E-state index is 12.5. The molecule has 0 aromatic heterocycles. The van der Waals surface area contributed by atoms with Gasteiger partial charge in [0.2, 0.25) is 5.91 Å². The Kier molecular flexibility index (Phi) is 71.4. The molecular formula is C78H147NO5. The number of nitrogens with one attached hydrogen (secondary N) is 1. The van der Waals surface area contributed by atoms with Crippen LogP contribution in [-0.4, -0.2) is 47.4 Å². The zero-order chi connectivity index (χ0) is 60.6. The zero-order valence-electron chi connectivity index (χ0n) is 56.6. The lowest BCUT2D eigenvalue weighted by Gasteiger charge is -2.20. The van der Waals surface area contributed by atoms with Crippen molar-refractivity contribution in [3.05, 3.63) is 48.6 Å². The molecule has 0 aliphatic carbocycles. The zero-order valence-corrected chi connectivity index (χ0v) is 56.6. The van der Waals surface area contributed by atoms with Gasteiger partial charge in [0.05, 0.1) is 25.4 Å². The second-order valence-corrected chi connectivity index (χ2v) is 26.0. The van der Waals surface area contributed by atoms with Crippen molar-refractivity contribution in [2.24, 2.45) is 0 Å². The van der Waals surface area contributed by atoms with Crippen LogP contribution in [0.3, 0.4) is 0 Å². The van der Waals surface area contributed by atoms with Crippen molar-refractivity contribution in [1.82, 2.24) is 5.32 Å². The minimum Gasteiger partial charge on any atom is -0.466 e. The Balaban J connectivity index is 3.39. The summed E-state index contributed by atoms with van der Waals surface area (Å²) in [7, 11) is 0. The average Bonchev–Trinajstić information content (AvgIpc) is 3.50. The number of unbranched alkanes of at least 4 members (excludes halogenated alkanes) is 54. The van der Waals surface area contributed by atoms with Gasteiger partial charge in [-0.25, -0.2) is 0 Å². The van der Waals surface area contributed by atoms with Crippen molar-refractivity contribution in [2.45, 2.75) is 424 Å². The Hall–Kier alpha value is -2.18. The van der Waals surface area contributed by atoms with E-state index in [0.717, 1.165) is 51.4 Å². The molecule has 0 aliphatic heterocycles. The van der Waals surface area contributed by atoms with Crippen molar-refractivity contribution < 1.29 is 24.5 Å². The number of ether oxygens (including phenoxy) is 1. The summed E-state index contributed by atoms with van der Waals surface area (Å²) in [5.74, 6) is -0.0523. The molecule has 0 aromatic carbocycles. The number of amides is 1. The average molecular weight is 1180 g/mol. The van der Waals surface area contributed by atoms with Gasteiger partial charge in [-0.15, -0.1) is 0 Å². The van der Waals surface area contributed by atoms with Crippen molar-refractivity contribution in [2.75, 3.05) is 13.2 Å². The van der Waals surface area contributed by atoms with Crippen LogP contribution in [0.1, 0.15) is 412 Å². The highest BCUT2D eigenvalue weighted by molar-refractivity contribution is 5.76. The van der Waals surface area contributed by atoms with Crippen molar-refractivity contribution in [3.63, 3.8) is 0 Å². The summed E-state index contributed by atoms with van der Waals surface area (Å²) in [5.41, 5.74) is 0. The summed E-state index contributed by atoms with van der Waals surface area (Å²) in [6.07, 6.45) is 96.4. The summed E-state index contributed by atoms with van der Waals surface area (Å²) in [5, 5.41) is 23.2. The molecule has 0 rings (SSSR count). The second-order valence-electron chi connectivity index (χ2n) is 26.0. The van der Waals surface area contributed by atoms with Gasteiger partial charge < -0.3 is 20.3 Å². The number of hydrogen-bond acceptors (Lipinski definition) is 5. The predicted octanol–water partition coefficient (Wildman–Crippen LogP) is 24.8. The molecule has 0 heterocycles. The van der Waals surface area contributed by atoms with Crippen molar-refractivity contribution in [1.29, 1.82) is 0 Å². The molecule has 0 saturated carbocycles. The molecule has 2 unspecified atom stereocenters. The minimum atomic E-state index is -0.844. The number of allylic oxidation sites excluding steroid dienone is 7. The van der Waals surface area contributed by atoms with Crippen LogP contribution in [0.4, 0.5) is 0 Å². The predicted molar refractivity (Wildman–Crippen MR) is 370 cm³/mol. The third-order valence-corrected chi connectivity index (χ3v) is 17.6. The van der Waals surface area contributed by atoms with Gasteiger partial charge in [0.15, 0.2) is 0 Å². The highest BCUT2D eigenvalue weighted by Crippen LogP contribution is 2.19. The van der Waals surface area contributed by atoms with E-state index in [4.69, 9.17) is 4.74 Å². The van der Waals surface area contributed by atoms with Crippen LogP contribution in [0, 0.1) is 0 Å². The number of aliphatic hydroxyl groups excluding tert-OH is 2. The van der Waals surface area contributed by atoms with Gasteiger partial charge in [-0.3, -0.25) is 9.59 Å². The van der Waals surface area contributed by atoms with Gasteiger partial charge in [-0.05, 0) is 89.9 Å². The first-order valence-corrected chi connectivity index (χ1v) is 37.9. The first-order chi connectivity index (χ1) is 41.5. The van der Waals surface area contributed by atoms with Crippen molar-refractivity contribution >= 4 is 11.9 Å². The maximum absolute atomic E-state index is 12.5. The Labute approximate surface area is 525 Å². The first kappa shape index (κ1) is 81.8. The van der Waals surface area contributed by atoms with Gasteiger partial charge in [-0.2, -0.15) is 0 Å². The molecule has 0 bridgehead atoms. The number of hydrogen-bond donors (Lipinski definition) is 3. The van der Waals surface area contributed by atoms with E-state index in [9.17, 15) is 19.8 Å². The molecule has 0 fully saturated rings. The smallest absolute Gasteiger partial charge is 0.305 e. The molecule has 6 nitrogen and oxygen atoms in total. The highest BCUT2D eigenvalue weighted by Gasteiger charge is 2.18. The molecule has 494 valence electrons. The fraction of sp³-hybridized carbons (Fsp3) is 0.872. The van der Waals surface area contributed by atoms with Gasteiger partial charge >= 0.3 is 5.97 Å². The van der Waals surface area contributed by atoms with E-state index in [1.54, 1.807) is 6.08 Å². The molecule has 2 atom stereocenters. The number of esters is 1. The van der Waals surface area contributed by atoms with E-state index in [2.05, 4.69) is 55.6 Å². The summed E-state index contributed by atoms with van der Waals surface area (Å²) < 4.78 is 5.50.